The predicted octanol–water partition coefficient (Wildman–Crippen LogP) is 3.44. The summed E-state index contributed by atoms with van der Waals surface area (Å²) in [6, 6.07) is 18.1. The van der Waals surface area contributed by atoms with Crippen LogP contribution in [0.3, 0.4) is 0 Å². The Balaban J connectivity index is 2.06. The standard InChI is InChI=1S/C16H15N3/c17-11-12-5-1-3-7-14(12)19-16-9-10-18-15-8-4-2-6-13(15)16/h1-10H,11,17H2,(H,18,19). The average Bonchev–Trinajstić information content (AvgIpc) is 2.48. The van der Waals surface area contributed by atoms with E-state index >= 15 is 0 Å². The third-order valence-corrected chi connectivity index (χ3v) is 3.16. The zero-order valence-corrected chi connectivity index (χ0v) is 10.5. The van der Waals surface area contributed by atoms with Gasteiger partial charge in [0.1, 0.15) is 0 Å². The van der Waals surface area contributed by atoms with Gasteiger partial charge in [0.05, 0.1) is 5.52 Å². The first-order valence-corrected chi connectivity index (χ1v) is 6.27. The van der Waals surface area contributed by atoms with Crippen molar-refractivity contribution in [2.75, 3.05) is 5.32 Å². The van der Waals surface area contributed by atoms with Crippen LogP contribution in [-0.2, 0) is 6.54 Å². The lowest BCUT2D eigenvalue weighted by Gasteiger charge is -2.12. The van der Waals surface area contributed by atoms with Gasteiger partial charge >= 0.3 is 0 Å². The summed E-state index contributed by atoms with van der Waals surface area (Å²) in [5.74, 6) is 0. The van der Waals surface area contributed by atoms with Crippen molar-refractivity contribution < 1.29 is 0 Å². The molecule has 0 aliphatic carbocycles. The third kappa shape index (κ3) is 2.28. The van der Waals surface area contributed by atoms with Gasteiger partial charge in [0.15, 0.2) is 0 Å². The molecule has 0 saturated heterocycles. The predicted molar refractivity (Wildman–Crippen MR) is 79.4 cm³/mol. The molecule has 0 atom stereocenters. The molecule has 94 valence electrons. The van der Waals surface area contributed by atoms with Gasteiger partial charge in [-0.15, -0.1) is 0 Å². The molecular weight excluding hydrogens is 234 g/mol. The van der Waals surface area contributed by atoms with Crippen molar-refractivity contribution in [3.05, 3.63) is 66.4 Å². The van der Waals surface area contributed by atoms with Crippen LogP contribution in [0.1, 0.15) is 5.56 Å². The highest BCUT2D eigenvalue weighted by atomic mass is 14.9. The summed E-state index contributed by atoms with van der Waals surface area (Å²) in [7, 11) is 0. The van der Waals surface area contributed by atoms with Gasteiger partial charge in [-0.25, -0.2) is 0 Å². The number of pyridine rings is 1. The van der Waals surface area contributed by atoms with Gasteiger partial charge in [-0.3, -0.25) is 4.98 Å². The highest BCUT2D eigenvalue weighted by molar-refractivity contribution is 5.92. The third-order valence-electron chi connectivity index (χ3n) is 3.16. The number of hydrogen-bond donors (Lipinski definition) is 2. The summed E-state index contributed by atoms with van der Waals surface area (Å²) >= 11 is 0. The van der Waals surface area contributed by atoms with E-state index in [1.54, 1.807) is 0 Å². The molecule has 19 heavy (non-hydrogen) atoms. The zero-order valence-electron chi connectivity index (χ0n) is 10.5. The van der Waals surface area contributed by atoms with E-state index in [0.29, 0.717) is 6.54 Å². The summed E-state index contributed by atoms with van der Waals surface area (Å²) in [4.78, 5) is 4.36. The number of benzene rings is 2. The summed E-state index contributed by atoms with van der Waals surface area (Å²) in [5, 5.41) is 4.55. The van der Waals surface area contributed by atoms with Crippen LogP contribution in [0.25, 0.3) is 10.9 Å². The maximum atomic E-state index is 5.76. The molecule has 2 aromatic carbocycles. The molecule has 0 aliphatic heterocycles. The van der Waals surface area contributed by atoms with Crippen LogP contribution in [0.4, 0.5) is 11.4 Å². The first-order valence-electron chi connectivity index (χ1n) is 6.27. The fraction of sp³-hybridized carbons (Fsp3) is 0.0625. The van der Waals surface area contributed by atoms with Crippen molar-refractivity contribution in [3.63, 3.8) is 0 Å². The molecule has 3 rings (SSSR count). The number of fused-ring (bicyclic) bond motifs is 1. The first-order chi connectivity index (χ1) is 9.38. The van der Waals surface area contributed by atoms with E-state index in [-0.39, 0.29) is 0 Å². The first kappa shape index (κ1) is 11.7. The lowest BCUT2D eigenvalue weighted by Crippen LogP contribution is -2.02. The van der Waals surface area contributed by atoms with Crippen LogP contribution in [0.5, 0.6) is 0 Å². The summed E-state index contributed by atoms with van der Waals surface area (Å²) in [6.45, 7) is 0.520. The number of aromatic nitrogens is 1. The van der Waals surface area contributed by atoms with Gasteiger partial charge in [0.25, 0.3) is 0 Å². The van der Waals surface area contributed by atoms with Crippen molar-refractivity contribution in [1.29, 1.82) is 0 Å². The fourth-order valence-electron chi connectivity index (χ4n) is 2.17. The molecule has 3 heteroatoms. The largest absolute Gasteiger partial charge is 0.355 e. The highest BCUT2D eigenvalue weighted by Gasteiger charge is 2.04. The van der Waals surface area contributed by atoms with Crippen molar-refractivity contribution in [2.24, 2.45) is 5.73 Å². The van der Waals surface area contributed by atoms with Crippen LogP contribution in [0.2, 0.25) is 0 Å². The Morgan fingerprint density at radius 2 is 1.68 bits per heavy atom. The van der Waals surface area contributed by atoms with Crippen LogP contribution in [-0.4, -0.2) is 4.98 Å². The van der Waals surface area contributed by atoms with Gasteiger partial charge in [-0.1, -0.05) is 36.4 Å². The number of rotatable bonds is 3. The van der Waals surface area contributed by atoms with Crippen molar-refractivity contribution >= 4 is 22.3 Å². The van der Waals surface area contributed by atoms with Gasteiger partial charge in [0.2, 0.25) is 0 Å². The zero-order chi connectivity index (χ0) is 13.1. The molecule has 1 aromatic heterocycles. The van der Waals surface area contributed by atoms with Crippen LogP contribution >= 0.6 is 0 Å². The monoisotopic (exact) mass is 249 g/mol. The second-order valence-electron chi connectivity index (χ2n) is 4.36. The molecule has 0 aliphatic rings. The van der Waals surface area contributed by atoms with Gasteiger partial charge in [-0.2, -0.15) is 0 Å². The van der Waals surface area contributed by atoms with E-state index in [2.05, 4.69) is 16.4 Å². The van der Waals surface area contributed by atoms with Gasteiger partial charge < -0.3 is 11.1 Å². The maximum absolute atomic E-state index is 5.76. The van der Waals surface area contributed by atoms with Crippen molar-refractivity contribution in [1.82, 2.24) is 4.98 Å². The topological polar surface area (TPSA) is 50.9 Å². The second kappa shape index (κ2) is 5.08. The van der Waals surface area contributed by atoms with Crippen molar-refractivity contribution in [2.45, 2.75) is 6.54 Å². The average molecular weight is 249 g/mol. The molecule has 0 spiro atoms. The lowest BCUT2D eigenvalue weighted by molar-refractivity contribution is 1.07. The Bertz CT molecular complexity index is 702. The lowest BCUT2D eigenvalue weighted by atomic mass is 10.1. The Morgan fingerprint density at radius 3 is 2.58 bits per heavy atom. The molecule has 0 saturated carbocycles. The number of anilines is 2. The molecule has 3 nitrogen and oxygen atoms in total. The van der Waals surface area contributed by atoms with E-state index < -0.39 is 0 Å². The smallest absolute Gasteiger partial charge is 0.0722 e. The number of nitrogens with zero attached hydrogens (tertiary/aromatic N) is 1. The quantitative estimate of drug-likeness (QED) is 0.747. The molecule has 0 bridgehead atoms. The number of hydrogen-bond acceptors (Lipinski definition) is 3. The Kier molecular flexibility index (Phi) is 3.12. The summed E-state index contributed by atoms with van der Waals surface area (Å²) < 4.78 is 0. The second-order valence-corrected chi connectivity index (χ2v) is 4.36. The molecule has 0 unspecified atom stereocenters. The minimum Gasteiger partial charge on any atom is -0.355 e. The van der Waals surface area contributed by atoms with E-state index in [1.165, 1.54) is 0 Å². The molecule has 3 aromatic rings. The van der Waals surface area contributed by atoms with Crippen LogP contribution in [0, 0.1) is 0 Å². The Hall–Kier alpha value is -2.39. The SMILES string of the molecule is NCc1ccccc1Nc1ccnc2ccccc12. The normalized spacial score (nSPS) is 10.6. The molecular formula is C16H15N3. The van der Waals surface area contributed by atoms with Gasteiger partial charge in [-0.05, 0) is 23.8 Å². The Labute approximate surface area is 112 Å². The number of nitrogens with two attached hydrogens (primary N) is 1. The van der Waals surface area contributed by atoms with Crippen LogP contribution < -0.4 is 11.1 Å². The Morgan fingerprint density at radius 1 is 0.895 bits per heavy atom. The number of nitrogens with one attached hydrogen (secondary N) is 1. The molecule has 1 heterocycles. The van der Waals surface area contributed by atoms with E-state index in [9.17, 15) is 0 Å². The number of para-hydroxylation sites is 2. The van der Waals surface area contributed by atoms with Crippen molar-refractivity contribution in [3.8, 4) is 0 Å². The molecule has 0 amide bonds. The summed E-state index contributed by atoms with van der Waals surface area (Å²) in [5.41, 5.74) is 9.94. The van der Waals surface area contributed by atoms with Crippen LogP contribution in [0.15, 0.2) is 60.8 Å². The van der Waals surface area contributed by atoms with E-state index in [4.69, 9.17) is 5.73 Å². The molecule has 3 N–H and O–H groups in total. The van der Waals surface area contributed by atoms with E-state index in [0.717, 1.165) is 27.8 Å². The fourth-order valence-corrected chi connectivity index (χ4v) is 2.17. The highest BCUT2D eigenvalue weighted by Crippen LogP contribution is 2.26. The minimum atomic E-state index is 0.520. The molecule has 0 radical (unpaired) electrons. The minimum absolute atomic E-state index is 0.520. The molecule has 0 fully saturated rings. The maximum Gasteiger partial charge on any atom is 0.0722 e. The summed E-state index contributed by atoms with van der Waals surface area (Å²) in [6.07, 6.45) is 1.82. The van der Waals surface area contributed by atoms with E-state index in [1.807, 2.05) is 54.7 Å². The van der Waals surface area contributed by atoms with Gasteiger partial charge in [0, 0.05) is 29.5 Å².